The van der Waals surface area contributed by atoms with Gasteiger partial charge in [0.1, 0.15) is 0 Å². The number of carbonyl (C=O) groups excluding carboxylic acids is 1. The van der Waals surface area contributed by atoms with Gasteiger partial charge in [0.2, 0.25) is 15.9 Å². The molecule has 1 aliphatic rings. The van der Waals surface area contributed by atoms with Gasteiger partial charge >= 0.3 is 0 Å². The summed E-state index contributed by atoms with van der Waals surface area (Å²) < 4.78 is 28.6. The average molecular weight is 382 g/mol. The zero-order valence-corrected chi connectivity index (χ0v) is 17.0. The summed E-state index contributed by atoms with van der Waals surface area (Å²) in [7, 11) is -3.66. The number of nitrogens with two attached hydrogens (primary N) is 1. The van der Waals surface area contributed by atoms with Crippen molar-refractivity contribution in [2.45, 2.75) is 57.4 Å². The molecule has 1 atom stereocenters. The van der Waals surface area contributed by atoms with Gasteiger partial charge in [-0.25, -0.2) is 13.1 Å². The van der Waals surface area contributed by atoms with E-state index in [1.807, 2.05) is 26.8 Å². The lowest BCUT2D eigenvalue weighted by Crippen LogP contribution is -2.52. The Hall–Kier alpha value is -1.44. The number of sulfonamides is 1. The molecule has 0 bridgehead atoms. The highest BCUT2D eigenvalue weighted by Crippen LogP contribution is 2.23. The topological polar surface area (TPSA) is 92.5 Å². The van der Waals surface area contributed by atoms with E-state index in [-0.39, 0.29) is 17.3 Å². The Bertz CT molecular complexity index is 761. The van der Waals surface area contributed by atoms with Crippen molar-refractivity contribution < 1.29 is 13.2 Å². The number of hydrogen-bond acceptors (Lipinski definition) is 4. The third kappa shape index (κ3) is 5.05. The summed E-state index contributed by atoms with van der Waals surface area (Å²) in [5, 5.41) is 0. The van der Waals surface area contributed by atoms with Gasteiger partial charge in [0.05, 0.1) is 4.90 Å². The Morgan fingerprint density at radius 1 is 1.27 bits per heavy atom. The van der Waals surface area contributed by atoms with E-state index in [2.05, 4.69) is 4.72 Å². The molecule has 3 N–H and O–H groups in total. The van der Waals surface area contributed by atoms with Crippen molar-refractivity contribution in [2.75, 3.05) is 19.6 Å². The van der Waals surface area contributed by atoms with Crippen LogP contribution in [0.1, 0.15) is 45.2 Å². The summed E-state index contributed by atoms with van der Waals surface area (Å²) in [6, 6.07) is 5.26. The Kier molecular flexibility index (Phi) is 6.47. The lowest BCUT2D eigenvalue weighted by molar-refractivity contribution is -0.128. The molecule has 2 rings (SSSR count). The molecule has 1 heterocycles. The van der Waals surface area contributed by atoms with Gasteiger partial charge in [-0.2, -0.15) is 0 Å². The number of benzene rings is 1. The van der Waals surface area contributed by atoms with Crippen LogP contribution in [0.25, 0.3) is 0 Å². The van der Waals surface area contributed by atoms with Crippen LogP contribution in [-0.4, -0.2) is 44.4 Å². The van der Waals surface area contributed by atoms with Gasteiger partial charge in [-0.15, -0.1) is 0 Å². The molecule has 146 valence electrons. The fraction of sp³-hybridized carbons (Fsp3) is 0.632. The minimum atomic E-state index is -3.66. The fourth-order valence-electron chi connectivity index (χ4n) is 3.63. The summed E-state index contributed by atoms with van der Waals surface area (Å²) in [6.45, 7) is 9.04. The number of nitrogens with zero attached hydrogens (tertiary/aromatic N) is 1. The van der Waals surface area contributed by atoms with E-state index >= 15 is 0 Å². The molecule has 1 aliphatic heterocycles. The largest absolute Gasteiger partial charge is 0.342 e. The van der Waals surface area contributed by atoms with Gasteiger partial charge in [0, 0.05) is 32.1 Å². The molecule has 0 spiro atoms. The fourth-order valence-corrected chi connectivity index (χ4v) is 5.11. The van der Waals surface area contributed by atoms with Gasteiger partial charge in [0.25, 0.3) is 0 Å². The summed E-state index contributed by atoms with van der Waals surface area (Å²) >= 11 is 0. The molecular weight excluding hydrogens is 350 g/mol. The normalized spacial score (nSPS) is 17.5. The Labute approximate surface area is 157 Å². The third-order valence-corrected chi connectivity index (χ3v) is 6.56. The van der Waals surface area contributed by atoms with Crippen LogP contribution < -0.4 is 10.5 Å². The first kappa shape index (κ1) is 20.9. The van der Waals surface area contributed by atoms with E-state index in [1.165, 1.54) is 0 Å². The zero-order chi connectivity index (χ0) is 19.5. The summed E-state index contributed by atoms with van der Waals surface area (Å²) in [4.78, 5) is 13.7. The average Bonchev–Trinajstić information content (AvgIpc) is 2.75. The third-order valence-electron chi connectivity index (χ3n) is 4.93. The van der Waals surface area contributed by atoms with E-state index in [0.717, 1.165) is 17.5 Å². The molecule has 0 fully saturated rings. The number of carbonyl (C=O) groups is 1. The second kappa shape index (κ2) is 8.06. The molecule has 26 heavy (non-hydrogen) atoms. The molecule has 1 aromatic carbocycles. The predicted molar refractivity (Wildman–Crippen MR) is 103 cm³/mol. The first-order valence-electron chi connectivity index (χ1n) is 9.18. The van der Waals surface area contributed by atoms with Crippen molar-refractivity contribution in [1.29, 1.82) is 0 Å². The highest BCUT2D eigenvalue weighted by Gasteiger charge is 2.30. The van der Waals surface area contributed by atoms with Crippen LogP contribution in [0.2, 0.25) is 0 Å². The lowest BCUT2D eigenvalue weighted by atomic mass is 9.92. The molecule has 7 heteroatoms. The second-order valence-electron chi connectivity index (χ2n) is 7.90. The molecule has 0 saturated heterocycles. The van der Waals surface area contributed by atoms with E-state index in [9.17, 15) is 13.2 Å². The lowest BCUT2D eigenvalue weighted by Gasteiger charge is -2.30. The molecule has 0 aliphatic carbocycles. The van der Waals surface area contributed by atoms with Crippen LogP contribution in [0, 0.1) is 5.92 Å². The van der Waals surface area contributed by atoms with E-state index in [0.29, 0.717) is 31.8 Å². The van der Waals surface area contributed by atoms with E-state index < -0.39 is 15.6 Å². The SMILES string of the molecule is CC(=O)N1CCc2ccc(S(=O)(=O)NC(C)(CN)CC(C)C)cc2CC1. The number of fused-ring (bicyclic) bond motifs is 1. The second-order valence-corrected chi connectivity index (χ2v) is 9.59. The molecule has 1 aromatic rings. The molecule has 6 nitrogen and oxygen atoms in total. The quantitative estimate of drug-likeness (QED) is 0.784. The van der Waals surface area contributed by atoms with Gasteiger partial charge < -0.3 is 10.6 Å². The maximum absolute atomic E-state index is 12.9. The van der Waals surface area contributed by atoms with Crippen LogP contribution in [0.3, 0.4) is 0 Å². The van der Waals surface area contributed by atoms with Crippen molar-refractivity contribution in [3.8, 4) is 0 Å². The number of hydrogen-bond donors (Lipinski definition) is 2. The van der Waals surface area contributed by atoms with Crippen LogP contribution >= 0.6 is 0 Å². The van der Waals surface area contributed by atoms with Crippen LogP contribution in [0.5, 0.6) is 0 Å². The Balaban J connectivity index is 2.25. The first-order chi connectivity index (χ1) is 12.1. The molecular formula is C19H31N3O3S. The highest BCUT2D eigenvalue weighted by atomic mass is 32.2. The predicted octanol–water partition coefficient (Wildman–Crippen LogP) is 1.68. The van der Waals surface area contributed by atoms with Gasteiger partial charge in [-0.1, -0.05) is 19.9 Å². The van der Waals surface area contributed by atoms with Crippen molar-refractivity contribution in [2.24, 2.45) is 11.7 Å². The molecule has 0 saturated carbocycles. The van der Waals surface area contributed by atoms with Crippen molar-refractivity contribution >= 4 is 15.9 Å². The molecule has 1 amide bonds. The number of nitrogens with one attached hydrogen (secondary N) is 1. The monoisotopic (exact) mass is 381 g/mol. The van der Waals surface area contributed by atoms with Crippen molar-refractivity contribution in [1.82, 2.24) is 9.62 Å². The smallest absolute Gasteiger partial charge is 0.241 e. The highest BCUT2D eigenvalue weighted by molar-refractivity contribution is 7.89. The summed E-state index contributed by atoms with van der Waals surface area (Å²) in [5.74, 6) is 0.385. The Morgan fingerprint density at radius 2 is 1.88 bits per heavy atom. The van der Waals surface area contributed by atoms with Gasteiger partial charge in [-0.3, -0.25) is 4.79 Å². The maximum atomic E-state index is 12.9. The Morgan fingerprint density at radius 3 is 2.42 bits per heavy atom. The number of amides is 1. The summed E-state index contributed by atoms with van der Waals surface area (Å²) in [5.41, 5.74) is 7.28. The van der Waals surface area contributed by atoms with Gasteiger partial charge in [-0.05, 0) is 55.4 Å². The first-order valence-corrected chi connectivity index (χ1v) is 10.7. The van der Waals surface area contributed by atoms with Crippen molar-refractivity contribution in [3.63, 3.8) is 0 Å². The van der Waals surface area contributed by atoms with Crippen LogP contribution in [0.15, 0.2) is 23.1 Å². The van der Waals surface area contributed by atoms with Crippen LogP contribution in [0.4, 0.5) is 0 Å². The van der Waals surface area contributed by atoms with Crippen LogP contribution in [-0.2, 0) is 27.7 Å². The molecule has 0 aromatic heterocycles. The molecule has 1 unspecified atom stereocenters. The number of rotatable bonds is 6. The van der Waals surface area contributed by atoms with E-state index in [1.54, 1.807) is 24.0 Å². The minimum Gasteiger partial charge on any atom is -0.342 e. The standard InChI is InChI=1S/C19H31N3O3S/c1-14(2)12-19(4,13-20)21-26(24,25)18-6-5-16-7-9-22(15(3)23)10-8-17(16)11-18/h5-6,11,14,21H,7-10,12-13,20H2,1-4H3. The minimum absolute atomic E-state index is 0.0553. The van der Waals surface area contributed by atoms with Crippen molar-refractivity contribution in [3.05, 3.63) is 29.3 Å². The zero-order valence-electron chi connectivity index (χ0n) is 16.2. The summed E-state index contributed by atoms with van der Waals surface area (Å²) in [6.07, 6.45) is 2.08. The van der Waals surface area contributed by atoms with E-state index in [4.69, 9.17) is 5.73 Å². The molecule has 0 radical (unpaired) electrons. The maximum Gasteiger partial charge on any atom is 0.241 e. The van der Waals surface area contributed by atoms with Gasteiger partial charge in [0.15, 0.2) is 0 Å².